The molecule has 0 atom stereocenters. The van der Waals surface area contributed by atoms with E-state index in [2.05, 4.69) is 30.4 Å². The number of fused-ring (bicyclic) bond motifs is 1. The van der Waals surface area contributed by atoms with Crippen LogP contribution in [0.15, 0.2) is 24.3 Å². The largest absolute Gasteiger partial charge is 0.353 e. The summed E-state index contributed by atoms with van der Waals surface area (Å²) in [5.41, 5.74) is 0.842. The lowest BCUT2D eigenvalue weighted by Gasteiger charge is -2.32. The van der Waals surface area contributed by atoms with Crippen molar-refractivity contribution in [3.63, 3.8) is 0 Å². The monoisotopic (exact) mass is 356 g/mol. The Morgan fingerprint density at radius 2 is 1.92 bits per heavy atom. The van der Waals surface area contributed by atoms with Crippen LogP contribution in [-0.2, 0) is 11.2 Å². The molecule has 1 N–H and O–H groups in total. The van der Waals surface area contributed by atoms with Crippen LogP contribution in [0.1, 0.15) is 63.3 Å². The molecule has 2 aromatic rings. The molecule has 0 spiro atoms. The predicted molar refractivity (Wildman–Crippen MR) is 104 cm³/mol. The van der Waals surface area contributed by atoms with E-state index in [1.165, 1.54) is 30.4 Å². The van der Waals surface area contributed by atoms with E-state index in [9.17, 15) is 4.79 Å². The van der Waals surface area contributed by atoms with Crippen molar-refractivity contribution in [3.05, 3.63) is 29.3 Å². The zero-order chi connectivity index (χ0) is 17.3. The topological polar surface area (TPSA) is 42.0 Å². The summed E-state index contributed by atoms with van der Waals surface area (Å²) in [4.78, 5) is 18.0. The fourth-order valence-electron chi connectivity index (χ4n) is 4.56. The first-order valence-corrected chi connectivity index (χ1v) is 10.6. The van der Waals surface area contributed by atoms with Gasteiger partial charge in [-0.2, -0.15) is 0 Å². The van der Waals surface area contributed by atoms with E-state index in [1.807, 2.05) is 6.07 Å². The molecule has 1 aromatic heterocycles. The molecule has 0 bridgehead atoms. The van der Waals surface area contributed by atoms with Gasteiger partial charge in [-0.3, -0.25) is 4.79 Å². The van der Waals surface area contributed by atoms with E-state index in [1.54, 1.807) is 11.3 Å². The molecule has 2 aliphatic rings. The van der Waals surface area contributed by atoms with Crippen LogP contribution in [-0.4, -0.2) is 16.9 Å². The van der Waals surface area contributed by atoms with Crippen LogP contribution in [0.5, 0.6) is 0 Å². The van der Waals surface area contributed by atoms with E-state index in [0.29, 0.717) is 11.9 Å². The smallest absolute Gasteiger partial charge is 0.226 e. The maximum atomic E-state index is 13.2. The highest BCUT2D eigenvalue weighted by Gasteiger charge is 2.42. The minimum absolute atomic E-state index is 0.225. The van der Waals surface area contributed by atoms with Gasteiger partial charge in [-0.25, -0.2) is 4.98 Å². The summed E-state index contributed by atoms with van der Waals surface area (Å²) < 4.78 is 1.23. The van der Waals surface area contributed by atoms with Crippen LogP contribution < -0.4 is 5.32 Å². The van der Waals surface area contributed by atoms with Crippen molar-refractivity contribution in [1.82, 2.24) is 10.3 Å². The van der Waals surface area contributed by atoms with Crippen LogP contribution in [0.25, 0.3) is 10.2 Å². The van der Waals surface area contributed by atoms with Gasteiger partial charge < -0.3 is 5.32 Å². The minimum atomic E-state index is -0.225. The van der Waals surface area contributed by atoms with Crippen molar-refractivity contribution in [2.24, 2.45) is 11.3 Å². The Morgan fingerprint density at radius 1 is 1.20 bits per heavy atom. The van der Waals surface area contributed by atoms with Crippen molar-refractivity contribution in [2.45, 2.75) is 70.8 Å². The Bertz CT molecular complexity index is 706. The number of para-hydroxylation sites is 1. The van der Waals surface area contributed by atoms with E-state index in [4.69, 9.17) is 4.98 Å². The molecule has 0 unspecified atom stereocenters. The highest BCUT2D eigenvalue weighted by atomic mass is 32.1. The van der Waals surface area contributed by atoms with Crippen molar-refractivity contribution in [3.8, 4) is 0 Å². The number of aromatic nitrogens is 1. The van der Waals surface area contributed by atoms with Crippen molar-refractivity contribution >= 4 is 27.5 Å². The number of amides is 1. The zero-order valence-corrected chi connectivity index (χ0v) is 15.9. The van der Waals surface area contributed by atoms with Gasteiger partial charge in [-0.05, 0) is 56.6 Å². The first-order valence-electron chi connectivity index (χ1n) is 9.80. The number of rotatable bonds is 4. The summed E-state index contributed by atoms with van der Waals surface area (Å²) in [7, 11) is 0. The van der Waals surface area contributed by atoms with Gasteiger partial charge in [0.15, 0.2) is 0 Å². The van der Waals surface area contributed by atoms with Crippen LogP contribution >= 0.6 is 11.3 Å². The maximum absolute atomic E-state index is 13.2. The molecule has 0 radical (unpaired) electrons. The molecular formula is C21H28N2OS. The van der Waals surface area contributed by atoms with E-state index >= 15 is 0 Å². The Morgan fingerprint density at radius 3 is 2.64 bits per heavy atom. The maximum Gasteiger partial charge on any atom is 0.226 e. The minimum Gasteiger partial charge on any atom is -0.353 e. The molecule has 2 aliphatic carbocycles. The average molecular weight is 357 g/mol. The van der Waals surface area contributed by atoms with Crippen LogP contribution in [0, 0.1) is 11.3 Å². The molecule has 0 saturated heterocycles. The number of benzene rings is 1. The Kier molecular flexibility index (Phi) is 4.81. The average Bonchev–Trinajstić information content (AvgIpc) is 3.24. The standard InChI is InChI=1S/C21H28N2OS/c1-15-8-10-16(11-9-15)22-20(24)21(12-4-5-13-21)14-19-23-17-6-2-3-7-18(17)25-19/h2-3,6-7,15-16H,4-5,8-14H2,1H3,(H,22,24). The Hall–Kier alpha value is -1.42. The molecule has 4 rings (SSSR count). The number of nitrogens with one attached hydrogen (secondary N) is 1. The summed E-state index contributed by atoms with van der Waals surface area (Å²) >= 11 is 1.76. The second-order valence-corrected chi connectivity index (χ2v) is 9.28. The highest BCUT2D eigenvalue weighted by Crippen LogP contribution is 2.42. The number of carbonyl (C=O) groups is 1. The first-order chi connectivity index (χ1) is 12.1. The van der Waals surface area contributed by atoms with Crippen molar-refractivity contribution in [2.75, 3.05) is 0 Å². The van der Waals surface area contributed by atoms with E-state index in [-0.39, 0.29) is 5.41 Å². The van der Waals surface area contributed by atoms with Crippen molar-refractivity contribution in [1.29, 1.82) is 0 Å². The Balaban J connectivity index is 1.49. The molecular weight excluding hydrogens is 328 g/mol. The molecule has 0 aliphatic heterocycles. The lowest BCUT2D eigenvalue weighted by Crippen LogP contribution is -2.46. The third kappa shape index (κ3) is 3.59. The summed E-state index contributed by atoms with van der Waals surface area (Å²) in [5.74, 6) is 1.11. The number of thiazole rings is 1. The van der Waals surface area contributed by atoms with Crippen molar-refractivity contribution < 1.29 is 4.79 Å². The summed E-state index contributed by atoms with van der Waals surface area (Å²) in [6, 6.07) is 8.68. The Labute approximate surface area is 154 Å². The number of carbonyl (C=O) groups excluding carboxylic acids is 1. The lowest BCUT2D eigenvalue weighted by molar-refractivity contribution is -0.131. The SMILES string of the molecule is CC1CCC(NC(=O)C2(Cc3nc4ccccc4s3)CCCC2)CC1. The summed E-state index contributed by atoms with van der Waals surface area (Å²) in [5, 5.41) is 4.53. The molecule has 1 amide bonds. The molecule has 134 valence electrons. The summed E-state index contributed by atoms with van der Waals surface area (Å²) in [6.45, 7) is 2.32. The lowest BCUT2D eigenvalue weighted by atomic mass is 9.80. The fourth-order valence-corrected chi connectivity index (χ4v) is 5.67. The third-order valence-electron chi connectivity index (χ3n) is 6.22. The quantitative estimate of drug-likeness (QED) is 0.828. The molecule has 1 heterocycles. The third-order valence-corrected chi connectivity index (χ3v) is 7.26. The van der Waals surface area contributed by atoms with Gasteiger partial charge in [0.05, 0.1) is 20.6 Å². The normalized spacial score (nSPS) is 26.0. The van der Waals surface area contributed by atoms with Gasteiger partial charge in [-0.1, -0.05) is 31.9 Å². The molecule has 1 aromatic carbocycles. The number of nitrogens with zero attached hydrogens (tertiary/aromatic N) is 1. The summed E-state index contributed by atoms with van der Waals surface area (Å²) in [6.07, 6.45) is 9.94. The second kappa shape index (κ2) is 7.06. The van der Waals surface area contributed by atoms with Crippen LogP contribution in [0.3, 0.4) is 0 Å². The van der Waals surface area contributed by atoms with Gasteiger partial charge in [0.1, 0.15) is 0 Å². The van der Waals surface area contributed by atoms with E-state index in [0.717, 1.165) is 48.5 Å². The van der Waals surface area contributed by atoms with Gasteiger partial charge in [0, 0.05) is 12.5 Å². The van der Waals surface area contributed by atoms with Gasteiger partial charge >= 0.3 is 0 Å². The zero-order valence-electron chi connectivity index (χ0n) is 15.1. The number of hydrogen-bond donors (Lipinski definition) is 1. The van der Waals surface area contributed by atoms with Crippen LogP contribution in [0.4, 0.5) is 0 Å². The predicted octanol–water partition coefficient (Wildman–Crippen LogP) is 5.09. The number of hydrogen-bond acceptors (Lipinski definition) is 3. The molecule has 3 nitrogen and oxygen atoms in total. The van der Waals surface area contributed by atoms with Gasteiger partial charge in [0.25, 0.3) is 0 Å². The van der Waals surface area contributed by atoms with Gasteiger partial charge in [0.2, 0.25) is 5.91 Å². The molecule has 2 fully saturated rings. The van der Waals surface area contributed by atoms with E-state index < -0.39 is 0 Å². The molecule has 25 heavy (non-hydrogen) atoms. The molecule has 4 heteroatoms. The first kappa shape index (κ1) is 17.0. The highest BCUT2D eigenvalue weighted by molar-refractivity contribution is 7.18. The van der Waals surface area contributed by atoms with Gasteiger partial charge in [-0.15, -0.1) is 11.3 Å². The molecule has 2 saturated carbocycles. The second-order valence-electron chi connectivity index (χ2n) is 8.17. The fraction of sp³-hybridized carbons (Fsp3) is 0.619. The van der Waals surface area contributed by atoms with Crippen LogP contribution in [0.2, 0.25) is 0 Å².